The number of thioether (sulfide) groups is 1. The summed E-state index contributed by atoms with van der Waals surface area (Å²) in [6, 6.07) is 9.41. The molecule has 0 spiro atoms. The number of aromatic nitrogens is 2. The molecule has 1 fully saturated rings. The average Bonchev–Trinajstić information content (AvgIpc) is 3.13. The van der Waals surface area contributed by atoms with Gasteiger partial charge < -0.3 is 9.64 Å². The van der Waals surface area contributed by atoms with E-state index in [1.807, 2.05) is 11.8 Å². The second kappa shape index (κ2) is 8.07. The van der Waals surface area contributed by atoms with Gasteiger partial charge in [0.15, 0.2) is 11.6 Å². The summed E-state index contributed by atoms with van der Waals surface area (Å²) in [6.45, 7) is 8.88. The van der Waals surface area contributed by atoms with Crippen molar-refractivity contribution >= 4 is 17.6 Å². The number of nitrogens with zero attached hydrogens (tertiary/aromatic N) is 4. The fourth-order valence-electron chi connectivity index (χ4n) is 4.31. The number of hydrogen-bond donors (Lipinski definition) is 0. The zero-order valence-electron chi connectivity index (χ0n) is 16.3. The molecule has 0 amide bonds. The average molecular weight is 385 g/mol. The molecule has 2 aliphatic heterocycles. The van der Waals surface area contributed by atoms with Gasteiger partial charge in [-0.1, -0.05) is 25.1 Å². The molecule has 0 radical (unpaired) electrons. The molecule has 0 N–H and O–H groups in total. The third-order valence-electron chi connectivity index (χ3n) is 5.89. The first-order valence-electron chi connectivity index (χ1n) is 9.72. The molecule has 2 aliphatic rings. The van der Waals surface area contributed by atoms with Crippen LogP contribution in [0.5, 0.6) is 5.75 Å². The first-order valence-corrected chi connectivity index (χ1v) is 10.7. The highest BCUT2D eigenvalue weighted by Gasteiger charge is 2.32. The van der Waals surface area contributed by atoms with E-state index < -0.39 is 0 Å². The van der Waals surface area contributed by atoms with Crippen LogP contribution in [0.15, 0.2) is 41.7 Å². The molecule has 2 aromatic rings. The Morgan fingerprint density at radius 1 is 1.30 bits per heavy atom. The van der Waals surface area contributed by atoms with Gasteiger partial charge in [-0.15, -0.1) is 11.8 Å². The monoisotopic (exact) mass is 384 g/mol. The fourth-order valence-corrected chi connectivity index (χ4v) is 5.73. The number of ether oxygens (including phenoxy) is 1. The van der Waals surface area contributed by atoms with Crippen molar-refractivity contribution in [3.05, 3.63) is 42.4 Å². The standard InChI is InChI=1S/C21H28N4OS/c1-15(18-13-27-20-7-5-4-6-17(18)20)11-24-8-9-25(12-16(24)2)21-19(26-3)10-22-14-23-21/h4-7,10,14-16,18H,8-9,11-13H2,1-3H3. The van der Waals surface area contributed by atoms with E-state index in [-0.39, 0.29) is 0 Å². The second-order valence-corrected chi connectivity index (χ2v) is 8.70. The van der Waals surface area contributed by atoms with Crippen molar-refractivity contribution in [3.8, 4) is 5.75 Å². The van der Waals surface area contributed by atoms with Crippen LogP contribution >= 0.6 is 11.8 Å². The van der Waals surface area contributed by atoms with Gasteiger partial charge in [-0.05, 0) is 30.4 Å². The highest BCUT2D eigenvalue weighted by Crippen LogP contribution is 2.43. The summed E-state index contributed by atoms with van der Waals surface area (Å²) in [6.07, 6.45) is 3.35. The number of methoxy groups -OCH3 is 1. The molecule has 4 rings (SSSR count). The van der Waals surface area contributed by atoms with Crippen LogP contribution in [0.2, 0.25) is 0 Å². The van der Waals surface area contributed by atoms with E-state index in [0.717, 1.165) is 37.7 Å². The van der Waals surface area contributed by atoms with Gasteiger partial charge in [0, 0.05) is 42.9 Å². The summed E-state index contributed by atoms with van der Waals surface area (Å²) in [5.74, 6) is 4.20. The lowest BCUT2D eigenvalue weighted by molar-refractivity contribution is 0.157. The summed E-state index contributed by atoms with van der Waals surface area (Å²) < 4.78 is 5.44. The van der Waals surface area contributed by atoms with E-state index in [1.54, 1.807) is 25.2 Å². The number of hydrogen-bond acceptors (Lipinski definition) is 6. The first-order chi connectivity index (χ1) is 13.2. The number of anilines is 1. The Labute approximate surface area is 166 Å². The van der Waals surface area contributed by atoms with Gasteiger partial charge in [-0.3, -0.25) is 4.90 Å². The summed E-state index contributed by atoms with van der Waals surface area (Å²) in [7, 11) is 1.68. The maximum atomic E-state index is 5.44. The quantitative estimate of drug-likeness (QED) is 0.786. The molecule has 0 aliphatic carbocycles. The Hall–Kier alpha value is -1.79. The van der Waals surface area contributed by atoms with E-state index in [1.165, 1.54) is 10.6 Å². The minimum absolute atomic E-state index is 0.491. The fraction of sp³-hybridized carbons (Fsp3) is 0.524. The summed E-state index contributed by atoms with van der Waals surface area (Å²) in [5, 5.41) is 0. The van der Waals surface area contributed by atoms with Crippen LogP contribution in [0, 0.1) is 5.92 Å². The van der Waals surface area contributed by atoms with E-state index in [9.17, 15) is 0 Å². The molecule has 1 saturated heterocycles. The molecule has 0 saturated carbocycles. The van der Waals surface area contributed by atoms with Gasteiger partial charge in [0.25, 0.3) is 0 Å². The molecule has 5 nitrogen and oxygen atoms in total. The Balaban J connectivity index is 1.39. The Morgan fingerprint density at radius 3 is 2.96 bits per heavy atom. The van der Waals surface area contributed by atoms with Crippen molar-refractivity contribution in [1.29, 1.82) is 0 Å². The van der Waals surface area contributed by atoms with Gasteiger partial charge in [-0.2, -0.15) is 0 Å². The van der Waals surface area contributed by atoms with Crippen molar-refractivity contribution in [2.24, 2.45) is 5.92 Å². The molecule has 6 heteroatoms. The summed E-state index contributed by atoms with van der Waals surface area (Å²) >= 11 is 2.01. The lowest BCUT2D eigenvalue weighted by Crippen LogP contribution is -2.53. The van der Waals surface area contributed by atoms with Gasteiger partial charge >= 0.3 is 0 Å². The molecule has 3 heterocycles. The maximum Gasteiger partial charge on any atom is 0.179 e. The largest absolute Gasteiger partial charge is 0.491 e. The van der Waals surface area contributed by atoms with Crippen LogP contribution in [0.4, 0.5) is 5.82 Å². The molecule has 0 bridgehead atoms. The van der Waals surface area contributed by atoms with Crippen molar-refractivity contribution < 1.29 is 4.74 Å². The molecule has 144 valence electrons. The Kier molecular flexibility index (Phi) is 5.55. The molecular formula is C21H28N4OS. The normalized spacial score (nSPS) is 23.9. The summed E-state index contributed by atoms with van der Waals surface area (Å²) in [5.41, 5.74) is 1.55. The number of benzene rings is 1. The van der Waals surface area contributed by atoms with Gasteiger partial charge in [0.05, 0.1) is 13.3 Å². The lowest BCUT2D eigenvalue weighted by Gasteiger charge is -2.42. The minimum Gasteiger partial charge on any atom is -0.491 e. The van der Waals surface area contributed by atoms with Crippen LogP contribution < -0.4 is 9.64 Å². The van der Waals surface area contributed by atoms with Crippen molar-refractivity contribution in [3.63, 3.8) is 0 Å². The van der Waals surface area contributed by atoms with Crippen LogP contribution in [0.25, 0.3) is 0 Å². The predicted molar refractivity (Wildman–Crippen MR) is 111 cm³/mol. The van der Waals surface area contributed by atoms with Gasteiger partial charge in [0.2, 0.25) is 0 Å². The second-order valence-electron chi connectivity index (χ2n) is 7.64. The highest BCUT2D eigenvalue weighted by molar-refractivity contribution is 7.99. The third-order valence-corrected chi connectivity index (χ3v) is 7.10. The molecule has 3 unspecified atom stereocenters. The maximum absolute atomic E-state index is 5.44. The zero-order chi connectivity index (χ0) is 18.8. The lowest BCUT2D eigenvalue weighted by atomic mass is 9.88. The number of rotatable bonds is 5. The van der Waals surface area contributed by atoms with E-state index >= 15 is 0 Å². The predicted octanol–water partition coefficient (Wildman–Crippen LogP) is 3.52. The van der Waals surface area contributed by atoms with Crippen LogP contribution in [-0.2, 0) is 0 Å². The molecular weight excluding hydrogens is 356 g/mol. The SMILES string of the molecule is COc1cncnc1N1CCN(CC(C)C2CSc3ccccc32)C(C)C1. The van der Waals surface area contributed by atoms with Crippen LogP contribution in [-0.4, -0.2) is 60.0 Å². The highest BCUT2D eigenvalue weighted by atomic mass is 32.2. The summed E-state index contributed by atoms with van der Waals surface area (Å²) in [4.78, 5) is 15.0. The van der Waals surface area contributed by atoms with Crippen molar-refractivity contribution in [2.45, 2.75) is 30.7 Å². The van der Waals surface area contributed by atoms with E-state index in [0.29, 0.717) is 17.9 Å². The van der Waals surface area contributed by atoms with Crippen LogP contribution in [0.3, 0.4) is 0 Å². The van der Waals surface area contributed by atoms with Crippen molar-refractivity contribution in [2.75, 3.05) is 43.9 Å². The van der Waals surface area contributed by atoms with E-state index in [2.05, 4.69) is 57.9 Å². The molecule has 1 aromatic heterocycles. The first kappa shape index (κ1) is 18.6. The Bertz CT molecular complexity index is 786. The molecule has 27 heavy (non-hydrogen) atoms. The smallest absolute Gasteiger partial charge is 0.179 e. The number of fused-ring (bicyclic) bond motifs is 1. The van der Waals surface area contributed by atoms with Gasteiger partial charge in [0.1, 0.15) is 6.33 Å². The number of piperazine rings is 1. The van der Waals surface area contributed by atoms with Crippen molar-refractivity contribution in [1.82, 2.24) is 14.9 Å². The van der Waals surface area contributed by atoms with E-state index in [4.69, 9.17) is 4.74 Å². The minimum atomic E-state index is 0.491. The zero-order valence-corrected chi connectivity index (χ0v) is 17.2. The molecule has 3 atom stereocenters. The molecule has 1 aromatic carbocycles. The van der Waals surface area contributed by atoms with Crippen LogP contribution in [0.1, 0.15) is 25.3 Å². The topological polar surface area (TPSA) is 41.5 Å². The third kappa shape index (κ3) is 3.78. The van der Waals surface area contributed by atoms with Gasteiger partial charge in [-0.25, -0.2) is 9.97 Å². The Morgan fingerprint density at radius 2 is 2.15 bits per heavy atom.